The summed E-state index contributed by atoms with van der Waals surface area (Å²) >= 11 is 3.65. The Morgan fingerprint density at radius 1 is 0.509 bits per heavy atom. The minimum absolute atomic E-state index is 0.0744. The maximum absolute atomic E-state index is 12.9. The molecule has 0 spiro atoms. The van der Waals surface area contributed by atoms with Gasteiger partial charge in [-0.1, -0.05) is 116 Å². The van der Waals surface area contributed by atoms with E-state index >= 15 is 0 Å². The second kappa shape index (κ2) is 21.1. The molecule has 0 aliphatic carbocycles. The molecular formula is C44H49BrO8. The first kappa shape index (κ1) is 39.4. The van der Waals surface area contributed by atoms with Gasteiger partial charge in [0.15, 0.2) is 12.2 Å². The zero-order valence-corrected chi connectivity index (χ0v) is 32.2. The van der Waals surface area contributed by atoms with Crippen molar-refractivity contribution in [3.63, 3.8) is 0 Å². The molecule has 0 amide bonds. The number of fused-ring (bicyclic) bond motifs is 2. The Balaban J connectivity index is 1.41. The van der Waals surface area contributed by atoms with E-state index < -0.39 is 12.2 Å². The molecule has 9 heteroatoms. The van der Waals surface area contributed by atoms with Crippen molar-refractivity contribution in [2.24, 2.45) is 0 Å². The molecule has 0 aromatic heterocycles. The minimum atomic E-state index is -0.654. The van der Waals surface area contributed by atoms with E-state index in [0.29, 0.717) is 35.8 Å². The lowest BCUT2D eigenvalue weighted by molar-refractivity contribution is -0.153. The Morgan fingerprint density at radius 2 is 0.925 bits per heavy atom. The first-order chi connectivity index (χ1) is 25.9. The highest BCUT2D eigenvalue weighted by molar-refractivity contribution is 9.10. The number of benzene rings is 5. The van der Waals surface area contributed by atoms with E-state index in [2.05, 4.69) is 29.8 Å². The van der Waals surface area contributed by atoms with E-state index in [1.54, 1.807) is 0 Å². The Kier molecular flexibility index (Phi) is 15.7. The van der Waals surface area contributed by atoms with Gasteiger partial charge in [-0.15, -0.1) is 0 Å². The summed E-state index contributed by atoms with van der Waals surface area (Å²) in [4.78, 5) is 25.7. The quantitative estimate of drug-likeness (QED) is 0.0389. The summed E-state index contributed by atoms with van der Waals surface area (Å²) in [7, 11) is 0. The highest BCUT2D eigenvalue weighted by atomic mass is 79.9. The van der Waals surface area contributed by atoms with Crippen molar-refractivity contribution in [3.05, 3.63) is 108 Å². The zero-order chi connectivity index (χ0) is 37.3. The van der Waals surface area contributed by atoms with Gasteiger partial charge in [0, 0.05) is 38.9 Å². The van der Waals surface area contributed by atoms with Gasteiger partial charge >= 0.3 is 11.9 Å². The lowest BCUT2D eigenvalue weighted by Gasteiger charge is -2.23. The van der Waals surface area contributed by atoms with Crippen molar-refractivity contribution in [2.45, 2.75) is 77.4 Å². The van der Waals surface area contributed by atoms with E-state index in [9.17, 15) is 9.59 Å². The molecule has 0 saturated carbocycles. The Bertz CT molecular complexity index is 1880. The molecule has 280 valence electrons. The minimum Gasteiger partial charge on any atom is -0.490 e. The second-order valence-electron chi connectivity index (χ2n) is 12.9. The summed E-state index contributed by atoms with van der Waals surface area (Å²) in [6, 6.07) is 32.7. The number of carbonyl (C=O) groups is 2. The van der Waals surface area contributed by atoms with Crippen molar-refractivity contribution in [2.75, 3.05) is 26.4 Å². The van der Waals surface area contributed by atoms with Gasteiger partial charge in [0.1, 0.15) is 49.4 Å². The van der Waals surface area contributed by atoms with Crippen molar-refractivity contribution in [1.82, 2.24) is 0 Å². The summed E-state index contributed by atoms with van der Waals surface area (Å²) in [6.45, 7) is 4.62. The lowest BCUT2D eigenvalue weighted by Crippen LogP contribution is -2.31. The van der Waals surface area contributed by atoms with Crippen LogP contribution in [0.25, 0.3) is 21.5 Å². The molecule has 8 nitrogen and oxygen atoms in total. The Labute approximate surface area is 320 Å². The van der Waals surface area contributed by atoms with E-state index in [1.807, 2.05) is 103 Å². The normalized spacial score (nSPS) is 12.2. The molecule has 2 atom stereocenters. The highest BCUT2D eigenvalue weighted by Gasteiger charge is 2.23. The number of halogens is 1. The summed E-state index contributed by atoms with van der Waals surface area (Å²) in [5.74, 6) is 2.07. The average Bonchev–Trinajstić information content (AvgIpc) is 3.18. The van der Waals surface area contributed by atoms with E-state index in [-0.39, 0.29) is 38.4 Å². The van der Waals surface area contributed by atoms with Gasteiger partial charge in [0.2, 0.25) is 0 Å². The number of unbranched alkanes of at least 4 members (excludes halogenated alkanes) is 4. The summed E-state index contributed by atoms with van der Waals surface area (Å²) < 4.78 is 37.9. The molecular weight excluding hydrogens is 736 g/mol. The van der Waals surface area contributed by atoms with Crippen molar-refractivity contribution >= 4 is 49.4 Å². The fourth-order valence-corrected chi connectivity index (χ4v) is 6.27. The van der Waals surface area contributed by atoms with Crippen LogP contribution in [0.2, 0.25) is 0 Å². The zero-order valence-electron chi connectivity index (χ0n) is 30.6. The first-order valence-corrected chi connectivity index (χ1v) is 19.4. The third-order valence-corrected chi connectivity index (χ3v) is 9.13. The van der Waals surface area contributed by atoms with Crippen LogP contribution >= 0.6 is 15.9 Å². The maximum atomic E-state index is 12.9. The average molecular weight is 786 g/mol. The molecule has 5 rings (SSSR count). The molecule has 0 aliphatic rings. The molecule has 2 unspecified atom stereocenters. The predicted molar refractivity (Wildman–Crippen MR) is 212 cm³/mol. The molecule has 5 aromatic carbocycles. The Hall–Kier alpha value is -4.76. The molecule has 0 aliphatic heterocycles. The van der Waals surface area contributed by atoms with Crippen LogP contribution in [0.15, 0.2) is 108 Å². The van der Waals surface area contributed by atoms with Crippen molar-refractivity contribution in [3.8, 4) is 23.0 Å². The monoisotopic (exact) mass is 784 g/mol. The van der Waals surface area contributed by atoms with Crippen molar-refractivity contribution < 1.29 is 38.0 Å². The molecule has 0 heterocycles. The summed E-state index contributed by atoms with van der Waals surface area (Å²) in [5.41, 5.74) is 0. The largest absolute Gasteiger partial charge is 0.490 e. The van der Waals surface area contributed by atoms with Crippen LogP contribution < -0.4 is 18.9 Å². The van der Waals surface area contributed by atoms with Crippen LogP contribution in [0.3, 0.4) is 0 Å². The molecule has 0 N–H and O–H groups in total. The molecule has 0 fully saturated rings. The lowest BCUT2D eigenvalue weighted by atomic mass is 10.0. The van der Waals surface area contributed by atoms with E-state index in [4.69, 9.17) is 28.4 Å². The number of carbonyl (C=O) groups excluding carboxylic acids is 2. The van der Waals surface area contributed by atoms with Crippen LogP contribution in [-0.2, 0) is 19.1 Å². The molecule has 53 heavy (non-hydrogen) atoms. The number of para-hydroxylation sites is 2. The van der Waals surface area contributed by atoms with Gasteiger partial charge in [-0.3, -0.25) is 9.59 Å². The van der Waals surface area contributed by atoms with Crippen LogP contribution in [0, 0.1) is 0 Å². The predicted octanol–water partition coefficient (Wildman–Crippen LogP) is 10.7. The topological polar surface area (TPSA) is 89.5 Å². The molecule has 0 radical (unpaired) electrons. The highest BCUT2D eigenvalue weighted by Crippen LogP contribution is 2.44. The van der Waals surface area contributed by atoms with Gasteiger partial charge in [-0.25, -0.2) is 0 Å². The fourth-order valence-electron chi connectivity index (χ4n) is 5.91. The number of hydrogen-bond acceptors (Lipinski definition) is 8. The number of esters is 2. The third-order valence-electron chi connectivity index (χ3n) is 8.64. The van der Waals surface area contributed by atoms with E-state index in [0.717, 1.165) is 64.5 Å². The Morgan fingerprint density at radius 3 is 1.40 bits per heavy atom. The van der Waals surface area contributed by atoms with Crippen LogP contribution in [0.5, 0.6) is 23.0 Å². The van der Waals surface area contributed by atoms with Crippen LogP contribution in [0.4, 0.5) is 0 Å². The van der Waals surface area contributed by atoms with Gasteiger partial charge in [0.05, 0.1) is 0 Å². The SMILES string of the molecule is CCCCCC(=O)OC(COc1ccccc1)COc1c2ccccc2c(OCC(COc2ccccc2)OC(=O)CCCCC)c2cc(Br)ccc12. The number of ether oxygens (including phenoxy) is 6. The fraction of sp³-hybridized carbons (Fsp3) is 0.364. The van der Waals surface area contributed by atoms with Gasteiger partial charge in [-0.05, 0) is 55.3 Å². The molecule has 0 bridgehead atoms. The van der Waals surface area contributed by atoms with Crippen molar-refractivity contribution in [1.29, 1.82) is 0 Å². The third kappa shape index (κ3) is 12.1. The molecule has 0 saturated heterocycles. The van der Waals surface area contributed by atoms with Gasteiger partial charge in [0.25, 0.3) is 0 Å². The van der Waals surface area contributed by atoms with Gasteiger partial charge < -0.3 is 28.4 Å². The standard InChI is InChI=1S/C44H49BrO8/c1-3-5-9-23-41(46)52-35(28-48-33-17-11-7-12-18-33)30-50-43-37-21-15-16-22-38(37)44(40-27-32(45)25-26-39(40)43)51-31-36(53-42(47)24-10-6-4-2)29-49-34-19-13-8-14-20-34/h7-8,11-22,25-27,35-36H,3-6,9-10,23-24,28-31H2,1-2H3. The maximum Gasteiger partial charge on any atom is 0.306 e. The summed E-state index contributed by atoms with van der Waals surface area (Å²) in [6.07, 6.45) is 4.86. The smallest absolute Gasteiger partial charge is 0.306 e. The van der Waals surface area contributed by atoms with Gasteiger partial charge in [-0.2, -0.15) is 0 Å². The number of hydrogen-bond donors (Lipinski definition) is 0. The summed E-state index contributed by atoms with van der Waals surface area (Å²) in [5, 5.41) is 3.26. The van der Waals surface area contributed by atoms with Crippen LogP contribution in [-0.4, -0.2) is 50.6 Å². The number of rotatable bonds is 22. The molecule has 5 aromatic rings. The second-order valence-corrected chi connectivity index (χ2v) is 13.8. The first-order valence-electron chi connectivity index (χ1n) is 18.6. The van der Waals surface area contributed by atoms with Crippen LogP contribution in [0.1, 0.15) is 65.2 Å². The van der Waals surface area contributed by atoms with E-state index in [1.165, 1.54) is 0 Å².